The summed E-state index contributed by atoms with van der Waals surface area (Å²) in [5.41, 5.74) is 1.21. The van der Waals surface area contributed by atoms with Crippen LogP contribution in [0.5, 0.6) is 11.5 Å². The van der Waals surface area contributed by atoms with Crippen LogP contribution in [-0.2, 0) is 0 Å². The van der Waals surface area contributed by atoms with Gasteiger partial charge in [-0.2, -0.15) is 0 Å². The predicted molar refractivity (Wildman–Crippen MR) is 73.9 cm³/mol. The van der Waals surface area contributed by atoms with Crippen LogP contribution in [0, 0.1) is 0 Å². The molecule has 2 rings (SSSR count). The highest BCUT2D eigenvalue weighted by molar-refractivity contribution is 5.98. The summed E-state index contributed by atoms with van der Waals surface area (Å²) in [6, 6.07) is 5.15. The van der Waals surface area contributed by atoms with Gasteiger partial charge in [-0.25, -0.2) is 0 Å². The Hall–Kier alpha value is -2.24. The molecule has 1 saturated heterocycles. The first kappa shape index (κ1) is 14.2. The maximum Gasteiger partial charge on any atom is 0.257 e. The first-order chi connectivity index (χ1) is 9.69. The van der Waals surface area contributed by atoms with Gasteiger partial charge < -0.3 is 19.6 Å². The van der Waals surface area contributed by atoms with Crippen molar-refractivity contribution >= 4 is 11.6 Å². The van der Waals surface area contributed by atoms with Gasteiger partial charge in [0.15, 0.2) is 0 Å². The van der Waals surface area contributed by atoms with Crippen LogP contribution in [0.4, 0.5) is 0 Å². The van der Waals surface area contributed by atoms with Crippen LogP contribution >= 0.6 is 0 Å². The number of piperidine rings is 1. The van der Waals surface area contributed by atoms with Crippen molar-refractivity contribution in [1.82, 2.24) is 4.90 Å². The highest BCUT2D eigenvalue weighted by Gasteiger charge is 2.24. The number of oxime groups is 1. The molecular weight excluding hydrogens is 260 g/mol. The summed E-state index contributed by atoms with van der Waals surface area (Å²) < 4.78 is 10.4. The lowest BCUT2D eigenvalue weighted by atomic mass is 10.1. The average Bonchev–Trinajstić information content (AvgIpc) is 2.53. The molecule has 1 aromatic rings. The zero-order valence-electron chi connectivity index (χ0n) is 11.6. The van der Waals surface area contributed by atoms with Crippen molar-refractivity contribution in [1.29, 1.82) is 0 Å². The average molecular weight is 278 g/mol. The van der Waals surface area contributed by atoms with E-state index in [1.54, 1.807) is 30.2 Å². The van der Waals surface area contributed by atoms with Crippen molar-refractivity contribution in [3.8, 4) is 11.5 Å². The molecule has 0 unspecified atom stereocenters. The minimum atomic E-state index is -0.0993. The Morgan fingerprint density at radius 2 is 1.95 bits per heavy atom. The van der Waals surface area contributed by atoms with Gasteiger partial charge in [0.25, 0.3) is 5.91 Å². The molecule has 0 aliphatic carbocycles. The van der Waals surface area contributed by atoms with Crippen LogP contribution in [0.3, 0.4) is 0 Å². The zero-order chi connectivity index (χ0) is 14.5. The Balaban J connectivity index is 2.20. The predicted octanol–water partition coefficient (Wildman–Crippen LogP) is 1.77. The SMILES string of the molecule is COc1ccc(OC)c(C(=O)N2CCC(=NO)CC2)c1. The van der Waals surface area contributed by atoms with E-state index >= 15 is 0 Å². The number of likely N-dealkylation sites (tertiary alicyclic amines) is 1. The van der Waals surface area contributed by atoms with E-state index in [4.69, 9.17) is 14.7 Å². The van der Waals surface area contributed by atoms with Crippen molar-refractivity contribution in [2.75, 3.05) is 27.3 Å². The third kappa shape index (κ3) is 2.84. The highest BCUT2D eigenvalue weighted by atomic mass is 16.5. The van der Waals surface area contributed by atoms with Crippen molar-refractivity contribution in [2.45, 2.75) is 12.8 Å². The van der Waals surface area contributed by atoms with E-state index in [-0.39, 0.29) is 5.91 Å². The smallest absolute Gasteiger partial charge is 0.257 e. The van der Waals surface area contributed by atoms with Gasteiger partial charge in [0, 0.05) is 25.9 Å². The van der Waals surface area contributed by atoms with Crippen molar-refractivity contribution in [3.05, 3.63) is 23.8 Å². The summed E-state index contributed by atoms with van der Waals surface area (Å²) in [7, 11) is 3.09. The third-order valence-electron chi connectivity index (χ3n) is 3.41. The number of carbonyl (C=O) groups excluding carboxylic acids is 1. The Labute approximate surface area is 117 Å². The van der Waals surface area contributed by atoms with Crippen molar-refractivity contribution in [2.24, 2.45) is 5.16 Å². The molecule has 1 heterocycles. The van der Waals surface area contributed by atoms with Crippen LogP contribution in [0.1, 0.15) is 23.2 Å². The quantitative estimate of drug-likeness (QED) is 0.675. The molecule has 0 atom stereocenters. The van der Waals surface area contributed by atoms with E-state index in [0.717, 1.165) is 5.71 Å². The number of rotatable bonds is 3. The lowest BCUT2D eigenvalue weighted by Gasteiger charge is -2.27. The van der Waals surface area contributed by atoms with E-state index in [1.807, 2.05) is 0 Å². The number of ether oxygens (including phenoxy) is 2. The van der Waals surface area contributed by atoms with E-state index in [9.17, 15) is 4.79 Å². The molecule has 6 nitrogen and oxygen atoms in total. The molecule has 1 aliphatic heterocycles. The molecule has 0 saturated carbocycles. The second kappa shape index (κ2) is 6.27. The molecule has 0 aromatic heterocycles. The Bertz CT molecular complexity index is 518. The molecule has 20 heavy (non-hydrogen) atoms. The molecule has 1 aliphatic rings. The normalized spacial score (nSPS) is 14.9. The van der Waals surface area contributed by atoms with Crippen LogP contribution in [-0.4, -0.2) is 49.0 Å². The lowest BCUT2D eigenvalue weighted by molar-refractivity contribution is 0.0750. The van der Waals surface area contributed by atoms with Gasteiger partial charge >= 0.3 is 0 Å². The fourth-order valence-electron chi connectivity index (χ4n) is 2.22. The highest BCUT2D eigenvalue weighted by Crippen LogP contribution is 2.26. The summed E-state index contributed by atoms with van der Waals surface area (Å²) in [5, 5.41) is 11.9. The van der Waals surface area contributed by atoms with Gasteiger partial charge in [-0.3, -0.25) is 4.79 Å². The van der Waals surface area contributed by atoms with E-state index < -0.39 is 0 Å². The standard InChI is InChI=1S/C14H18N2O4/c1-19-11-3-4-13(20-2)12(9-11)14(17)16-7-5-10(15-18)6-8-16/h3-4,9,18H,5-8H2,1-2H3. The van der Waals surface area contributed by atoms with E-state index in [0.29, 0.717) is 43.0 Å². The first-order valence-electron chi connectivity index (χ1n) is 6.40. The minimum Gasteiger partial charge on any atom is -0.497 e. The molecule has 0 radical (unpaired) electrons. The van der Waals surface area contributed by atoms with Gasteiger partial charge in [-0.1, -0.05) is 5.16 Å². The Morgan fingerprint density at radius 1 is 1.25 bits per heavy atom. The number of methoxy groups -OCH3 is 2. The summed E-state index contributed by atoms with van der Waals surface area (Å²) in [4.78, 5) is 14.3. The number of nitrogens with zero attached hydrogens (tertiary/aromatic N) is 2. The van der Waals surface area contributed by atoms with Crippen LogP contribution in [0.15, 0.2) is 23.4 Å². The molecular formula is C14H18N2O4. The molecule has 0 bridgehead atoms. The molecule has 108 valence electrons. The number of carbonyl (C=O) groups is 1. The fraction of sp³-hybridized carbons (Fsp3) is 0.429. The summed E-state index contributed by atoms with van der Waals surface area (Å²) in [6.07, 6.45) is 1.18. The molecule has 0 spiro atoms. The molecule has 1 aromatic carbocycles. The summed E-state index contributed by atoms with van der Waals surface area (Å²) in [6.45, 7) is 1.08. The van der Waals surface area contributed by atoms with Gasteiger partial charge in [0.05, 0.1) is 25.5 Å². The second-order valence-electron chi connectivity index (χ2n) is 4.52. The Morgan fingerprint density at radius 3 is 2.50 bits per heavy atom. The summed E-state index contributed by atoms with van der Waals surface area (Å²) in [5.74, 6) is 1.04. The Kier molecular flexibility index (Phi) is 4.45. The van der Waals surface area contributed by atoms with Gasteiger partial charge in [0.2, 0.25) is 0 Å². The van der Waals surface area contributed by atoms with Gasteiger partial charge in [-0.15, -0.1) is 0 Å². The molecule has 1 fully saturated rings. The monoisotopic (exact) mass is 278 g/mol. The maximum atomic E-state index is 12.5. The van der Waals surface area contributed by atoms with Crippen LogP contribution < -0.4 is 9.47 Å². The van der Waals surface area contributed by atoms with Crippen molar-refractivity contribution in [3.63, 3.8) is 0 Å². The maximum absolute atomic E-state index is 12.5. The zero-order valence-corrected chi connectivity index (χ0v) is 11.6. The van der Waals surface area contributed by atoms with E-state index in [2.05, 4.69) is 5.16 Å². The number of benzene rings is 1. The van der Waals surface area contributed by atoms with Crippen molar-refractivity contribution < 1.29 is 19.5 Å². The van der Waals surface area contributed by atoms with Crippen LogP contribution in [0.25, 0.3) is 0 Å². The number of amides is 1. The number of hydrogen-bond donors (Lipinski definition) is 1. The third-order valence-corrected chi connectivity index (χ3v) is 3.41. The number of hydrogen-bond acceptors (Lipinski definition) is 5. The van der Waals surface area contributed by atoms with E-state index in [1.165, 1.54) is 7.11 Å². The molecule has 1 N–H and O–H groups in total. The second-order valence-corrected chi connectivity index (χ2v) is 4.52. The minimum absolute atomic E-state index is 0.0993. The van der Waals surface area contributed by atoms with Gasteiger partial charge in [0.1, 0.15) is 11.5 Å². The summed E-state index contributed by atoms with van der Waals surface area (Å²) >= 11 is 0. The lowest BCUT2D eigenvalue weighted by Crippen LogP contribution is -2.38. The first-order valence-corrected chi connectivity index (χ1v) is 6.40. The van der Waals surface area contributed by atoms with Crippen LogP contribution in [0.2, 0.25) is 0 Å². The topological polar surface area (TPSA) is 71.4 Å². The molecule has 1 amide bonds. The largest absolute Gasteiger partial charge is 0.497 e. The molecule has 6 heteroatoms. The fourth-order valence-corrected chi connectivity index (χ4v) is 2.22. The van der Waals surface area contributed by atoms with Gasteiger partial charge in [-0.05, 0) is 18.2 Å².